The van der Waals surface area contributed by atoms with E-state index in [-0.39, 0.29) is 12.0 Å². The molecule has 3 rings (SSSR count). The minimum absolute atomic E-state index is 0.127. The van der Waals surface area contributed by atoms with Crippen molar-refractivity contribution in [2.45, 2.75) is 51.0 Å². The zero-order valence-electron chi connectivity index (χ0n) is 16.9. The van der Waals surface area contributed by atoms with Gasteiger partial charge in [-0.15, -0.1) is 0 Å². The summed E-state index contributed by atoms with van der Waals surface area (Å²) in [5, 5.41) is 3.18. The van der Waals surface area contributed by atoms with Gasteiger partial charge < -0.3 is 14.8 Å². The van der Waals surface area contributed by atoms with Crippen LogP contribution in [-0.4, -0.2) is 31.8 Å². The van der Waals surface area contributed by atoms with Crippen molar-refractivity contribution in [2.75, 3.05) is 19.8 Å². The molecule has 4 nitrogen and oxygen atoms in total. The Labute approximate surface area is 168 Å². The number of nitrogens with one attached hydrogen (secondary N) is 1. The second-order valence-corrected chi connectivity index (χ2v) is 7.73. The molecule has 0 spiro atoms. The summed E-state index contributed by atoms with van der Waals surface area (Å²) in [6, 6.07) is 18.4. The van der Waals surface area contributed by atoms with Gasteiger partial charge in [-0.25, -0.2) is 0 Å². The first-order valence-corrected chi connectivity index (χ1v) is 10.3. The molecule has 1 aliphatic heterocycles. The van der Waals surface area contributed by atoms with Gasteiger partial charge in [0.05, 0.1) is 11.5 Å². The maximum Gasteiger partial charge on any atom is 0.230 e. The van der Waals surface area contributed by atoms with Crippen LogP contribution in [0.2, 0.25) is 0 Å². The van der Waals surface area contributed by atoms with Crippen LogP contribution in [0, 0.1) is 0 Å². The highest BCUT2D eigenvalue weighted by molar-refractivity contribution is 5.88. The van der Waals surface area contributed by atoms with Gasteiger partial charge in [-0.2, -0.15) is 0 Å². The number of carbonyl (C=O) groups is 1. The van der Waals surface area contributed by atoms with E-state index in [9.17, 15) is 4.79 Å². The van der Waals surface area contributed by atoms with Crippen molar-refractivity contribution in [3.63, 3.8) is 0 Å². The van der Waals surface area contributed by atoms with E-state index in [1.54, 1.807) is 0 Å². The Kier molecular flexibility index (Phi) is 7.10. The van der Waals surface area contributed by atoms with Crippen LogP contribution in [0.25, 0.3) is 0 Å². The minimum Gasteiger partial charge on any atom is -0.491 e. The maximum atomic E-state index is 13.1. The molecular weight excluding hydrogens is 350 g/mol. The Morgan fingerprint density at radius 3 is 2.39 bits per heavy atom. The Bertz CT molecular complexity index is 734. The molecule has 0 saturated carbocycles. The third kappa shape index (κ3) is 5.14. The highest BCUT2D eigenvalue weighted by Crippen LogP contribution is 2.35. The van der Waals surface area contributed by atoms with Gasteiger partial charge in [0.15, 0.2) is 0 Å². The SMILES string of the molecule is CC(C)Oc1ccc(CCCNC(=O)C2(c3ccccc3)CCOCC2)cc1. The molecule has 1 aliphatic rings. The minimum atomic E-state index is -0.463. The first kappa shape index (κ1) is 20.4. The predicted octanol–water partition coefficient (Wildman–Crippen LogP) is 4.27. The largest absolute Gasteiger partial charge is 0.491 e. The van der Waals surface area contributed by atoms with E-state index in [0.717, 1.165) is 37.0 Å². The molecule has 0 aliphatic carbocycles. The second kappa shape index (κ2) is 9.74. The molecule has 0 bridgehead atoms. The van der Waals surface area contributed by atoms with Crippen molar-refractivity contribution in [1.82, 2.24) is 5.32 Å². The Morgan fingerprint density at radius 2 is 1.75 bits per heavy atom. The molecule has 2 aromatic rings. The smallest absolute Gasteiger partial charge is 0.230 e. The fourth-order valence-corrected chi connectivity index (χ4v) is 3.79. The average molecular weight is 382 g/mol. The van der Waals surface area contributed by atoms with Gasteiger partial charge >= 0.3 is 0 Å². The second-order valence-electron chi connectivity index (χ2n) is 7.73. The Hall–Kier alpha value is -2.33. The van der Waals surface area contributed by atoms with Crippen LogP contribution in [0.15, 0.2) is 54.6 Å². The molecule has 0 unspecified atom stereocenters. The zero-order valence-corrected chi connectivity index (χ0v) is 16.9. The molecule has 1 heterocycles. The van der Waals surface area contributed by atoms with Crippen molar-refractivity contribution in [3.05, 3.63) is 65.7 Å². The molecule has 1 N–H and O–H groups in total. The highest BCUT2D eigenvalue weighted by Gasteiger charge is 2.41. The number of carbonyl (C=O) groups excluding carboxylic acids is 1. The van der Waals surface area contributed by atoms with Gasteiger partial charge in [0, 0.05) is 19.8 Å². The third-order valence-electron chi connectivity index (χ3n) is 5.33. The van der Waals surface area contributed by atoms with Gasteiger partial charge in [-0.1, -0.05) is 42.5 Å². The maximum absolute atomic E-state index is 13.1. The summed E-state index contributed by atoms with van der Waals surface area (Å²) in [5.41, 5.74) is 1.89. The number of hydrogen-bond acceptors (Lipinski definition) is 3. The van der Waals surface area contributed by atoms with Crippen LogP contribution < -0.4 is 10.1 Å². The Morgan fingerprint density at radius 1 is 1.07 bits per heavy atom. The van der Waals surface area contributed by atoms with Crippen molar-refractivity contribution in [2.24, 2.45) is 0 Å². The number of aryl methyl sites for hydroxylation is 1. The zero-order chi connectivity index (χ0) is 19.8. The predicted molar refractivity (Wildman–Crippen MR) is 112 cm³/mol. The lowest BCUT2D eigenvalue weighted by atomic mass is 9.73. The number of amides is 1. The molecular formula is C24H31NO3. The summed E-state index contributed by atoms with van der Waals surface area (Å²) in [4.78, 5) is 13.1. The van der Waals surface area contributed by atoms with Crippen LogP contribution in [0.5, 0.6) is 5.75 Å². The molecule has 2 aromatic carbocycles. The molecule has 4 heteroatoms. The number of ether oxygens (including phenoxy) is 2. The van der Waals surface area contributed by atoms with Gasteiger partial charge in [0.1, 0.15) is 5.75 Å². The summed E-state index contributed by atoms with van der Waals surface area (Å²) in [5.74, 6) is 1.03. The summed E-state index contributed by atoms with van der Waals surface area (Å²) in [7, 11) is 0. The van der Waals surface area contributed by atoms with Crippen LogP contribution in [0.3, 0.4) is 0 Å². The van der Waals surface area contributed by atoms with Crippen LogP contribution in [0.1, 0.15) is 44.2 Å². The van der Waals surface area contributed by atoms with Crippen molar-refractivity contribution in [1.29, 1.82) is 0 Å². The van der Waals surface area contributed by atoms with Crippen LogP contribution in [-0.2, 0) is 21.4 Å². The average Bonchev–Trinajstić information content (AvgIpc) is 2.73. The summed E-state index contributed by atoms with van der Waals surface area (Å²) < 4.78 is 11.2. The molecule has 1 saturated heterocycles. The number of rotatable bonds is 8. The van der Waals surface area contributed by atoms with E-state index in [4.69, 9.17) is 9.47 Å². The molecule has 0 aromatic heterocycles. The summed E-state index contributed by atoms with van der Waals surface area (Å²) in [6.45, 7) is 5.99. The van der Waals surface area contributed by atoms with Crippen molar-refractivity contribution >= 4 is 5.91 Å². The number of hydrogen-bond donors (Lipinski definition) is 1. The summed E-state index contributed by atoms with van der Waals surface area (Å²) >= 11 is 0. The molecule has 0 atom stereocenters. The highest BCUT2D eigenvalue weighted by atomic mass is 16.5. The van der Waals surface area contributed by atoms with Gasteiger partial charge in [0.2, 0.25) is 5.91 Å². The fraction of sp³-hybridized carbons (Fsp3) is 0.458. The quantitative estimate of drug-likeness (QED) is 0.695. The van der Waals surface area contributed by atoms with E-state index in [1.807, 2.05) is 44.2 Å². The molecule has 0 radical (unpaired) electrons. The van der Waals surface area contributed by atoms with Crippen molar-refractivity contribution in [3.8, 4) is 5.75 Å². The normalized spacial score (nSPS) is 16.0. The third-order valence-corrected chi connectivity index (χ3v) is 5.33. The van der Waals surface area contributed by atoms with Crippen LogP contribution >= 0.6 is 0 Å². The lowest BCUT2D eigenvalue weighted by Gasteiger charge is -2.36. The standard InChI is InChI=1S/C24H31NO3/c1-19(2)28-22-12-10-20(11-13-22)7-6-16-25-23(26)24(14-17-27-18-15-24)21-8-4-3-5-9-21/h3-5,8-13,19H,6-7,14-18H2,1-2H3,(H,25,26). The summed E-state index contributed by atoms with van der Waals surface area (Å²) in [6.07, 6.45) is 3.50. The van der Waals surface area contributed by atoms with E-state index in [0.29, 0.717) is 19.8 Å². The van der Waals surface area contributed by atoms with E-state index < -0.39 is 5.41 Å². The Balaban J connectivity index is 1.52. The lowest BCUT2D eigenvalue weighted by molar-refractivity contribution is -0.130. The molecule has 1 amide bonds. The first-order valence-electron chi connectivity index (χ1n) is 10.3. The van der Waals surface area contributed by atoms with E-state index in [2.05, 4.69) is 29.6 Å². The fourth-order valence-electron chi connectivity index (χ4n) is 3.79. The van der Waals surface area contributed by atoms with Crippen LogP contribution in [0.4, 0.5) is 0 Å². The van der Waals surface area contributed by atoms with Gasteiger partial charge in [-0.3, -0.25) is 4.79 Å². The van der Waals surface area contributed by atoms with E-state index in [1.165, 1.54) is 5.56 Å². The monoisotopic (exact) mass is 381 g/mol. The van der Waals surface area contributed by atoms with E-state index >= 15 is 0 Å². The first-order chi connectivity index (χ1) is 13.6. The molecule has 28 heavy (non-hydrogen) atoms. The molecule has 1 fully saturated rings. The topological polar surface area (TPSA) is 47.6 Å². The number of benzene rings is 2. The molecule has 150 valence electrons. The van der Waals surface area contributed by atoms with Crippen molar-refractivity contribution < 1.29 is 14.3 Å². The van der Waals surface area contributed by atoms with Gasteiger partial charge in [-0.05, 0) is 62.8 Å². The van der Waals surface area contributed by atoms with Gasteiger partial charge in [0.25, 0.3) is 0 Å². The lowest BCUT2D eigenvalue weighted by Crippen LogP contribution is -2.48.